The second kappa shape index (κ2) is 5.23. The van der Waals surface area contributed by atoms with E-state index in [0.29, 0.717) is 16.2 Å². The molecule has 1 fully saturated rings. The molecule has 2 unspecified atom stereocenters. The van der Waals surface area contributed by atoms with E-state index in [0.717, 1.165) is 13.1 Å². The molecule has 1 aromatic rings. The van der Waals surface area contributed by atoms with Crippen LogP contribution in [0.15, 0.2) is 12.4 Å². The van der Waals surface area contributed by atoms with Crippen LogP contribution >= 0.6 is 23.4 Å². The van der Waals surface area contributed by atoms with E-state index in [1.54, 1.807) is 0 Å². The standard InChI is InChI=1S/C11H14ClN3OS/c1-7-5-15(6-8(2)17-7)11(16)9-3-13-4-10(12)14-9/h3-4,7-8H,5-6H2,1-2H3. The Bertz CT molecular complexity index is 419. The van der Waals surface area contributed by atoms with Gasteiger partial charge in [0.25, 0.3) is 5.91 Å². The molecule has 0 spiro atoms. The van der Waals surface area contributed by atoms with Crippen LogP contribution in [0.2, 0.25) is 5.15 Å². The molecule has 92 valence electrons. The number of rotatable bonds is 1. The predicted octanol–water partition coefficient (Wildman–Crippen LogP) is 2.10. The molecule has 1 amide bonds. The van der Waals surface area contributed by atoms with Crippen LogP contribution in [0.3, 0.4) is 0 Å². The third-order valence-electron chi connectivity index (χ3n) is 2.53. The van der Waals surface area contributed by atoms with Crippen molar-refractivity contribution in [3.05, 3.63) is 23.2 Å². The highest BCUT2D eigenvalue weighted by Gasteiger charge is 2.27. The van der Waals surface area contributed by atoms with E-state index in [9.17, 15) is 4.79 Å². The lowest BCUT2D eigenvalue weighted by Crippen LogP contribution is -2.44. The monoisotopic (exact) mass is 271 g/mol. The van der Waals surface area contributed by atoms with E-state index in [1.807, 2.05) is 16.7 Å². The van der Waals surface area contributed by atoms with Crippen molar-refractivity contribution in [2.45, 2.75) is 24.3 Å². The minimum atomic E-state index is -0.0843. The fourth-order valence-electron chi connectivity index (χ4n) is 1.95. The van der Waals surface area contributed by atoms with Crippen molar-refractivity contribution in [2.75, 3.05) is 13.1 Å². The number of thioether (sulfide) groups is 1. The lowest BCUT2D eigenvalue weighted by Gasteiger charge is -2.34. The number of aromatic nitrogens is 2. The zero-order valence-electron chi connectivity index (χ0n) is 9.76. The van der Waals surface area contributed by atoms with Crippen molar-refractivity contribution in [3.63, 3.8) is 0 Å². The van der Waals surface area contributed by atoms with Gasteiger partial charge in [0.2, 0.25) is 0 Å². The van der Waals surface area contributed by atoms with Gasteiger partial charge in [0.05, 0.1) is 12.4 Å². The normalized spacial score (nSPS) is 24.8. The quantitative estimate of drug-likeness (QED) is 0.785. The van der Waals surface area contributed by atoms with Crippen molar-refractivity contribution < 1.29 is 4.79 Å². The first kappa shape index (κ1) is 12.6. The Morgan fingerprint density at radius 2 is 2.06 bits per heavy atom. The molecular formula is C11H14ClN3OS. The molecule has 0 aliphatic carbocycles. The number of hydrogen-bond acceptors (Lipinski definition) is 4. The number of nitrogens with zero attached hydrogens (tertiary/aromatic N) is 3. The van der Waals surface area contributed by atoms with E-state index >= 15 is 0 Å². The maximum Gasteiger partial charge on any atom is 0.274 e. The number of carbonyl (C=O) groups excluding carboxylic acids is 1. The molecule has 0 bridgehead atoms. The fourth-order valence-corrected chi connectivity index (χ4v) is 3.42. The van der Waals surface area contributed by atoms with Gasteiger partial charge in [-0.3, -0.25) is 9.78 Å². The minimum absolute atomic E-state index is 0.0843. The number of hydrogen-bond donors (Lipinski definition) is 0. The Morgan fingerprint density at radius 1 is 1.41 bits per heavy atom. The highest BCUT2D eigenvalue weighted by molar-refractivity contribution is 8.00. The summed E-state index contributed by atoms with van der Waals surface area (Å²) in [6.07, 6.45) is 2.89. The summed E-state index contributed by atoms with van der Waals surface area (Å²) in [6.45, 7) is 5.76. The van der Waals surface area contributed by atoms with Crippen LogP contribution in [-0.2, 0) is 0 Å². The summed E-state index contributed by atoms with van der Waals surface area (Å²) in [5, 5.41) is 1.16. The zero-order chi connectivity index (χ0) is 12.4. The molecule has 2 heterocycles. The van der Waals surface area contributed by atoms with Gasteiger partial charge < -0.3 is 4.90 Å². The van der Waals surface area contributed by atoms with Gasteiger partial charge in [-0.15, -0.1) is 0 Å². The minimum Gasteiger partial charge on any atom is -0.335 e. The third-order valence-corrected chi connectivity index (χ3v) is 3.94. The fraction of sp³-hybridized carbons (Fsp3) is 0.545. The van der Waals surface area contributed by atoms with Crippen LogP contribution in [0.5, 0.6) is 0 Å². The molecule has 0 radical (unpaired) electrons. The largest absolute Gasteiger partial charge is 0.335 e. The first-order chi connectivity index (χ1) is 8.06. The molecule has 2 atom stereocenters. The van der Waals surface area contributed by atoms with Gasteiger partial charge in [0.1, 0.15) is 10.8 Å². The summed E-state index contributed by atoms with van der Waals surface area (Å²) in [7, 11) is 0. The van der Waals surface area contributed by atoms with Gasteiger partial charge in [-0.2, -0.15) is 11.8 Å². The summed E-state index contributed by atoms with van der Waals surface area (Å²) in [4.78, 5) is 21.9. The molecule has 6 heteroatoms. The van der Waals surface area contributed by atoms with Gasteiger partial charge in [-0.1, -0.05) is 25.4 Å². The smallest absolute Gasteiger partial charge is 0.274 e. The van der Waals surface area contributed by atoms with Gasteiger partial charge in [-0.25, -0.2) is 4.98 Å². The third kappa shape index (κ3) is 3.10. The molecule has 1 aliphatic rings. The maximum atomic E-state index is 12.2. The van der Waals surface area contributed by atoms with E-state index in [2.05, 4.69) is 23.8 Å². The Hall–Kier alpha value is -0.810. The van der Waals surface area contributed by atoms with Gasteiger partial charge in [-0.05, 0) is 0 Å². The van der Waals surface area contributed by atoms with E-state index in [1.165, 1.54) is 12.4 Å². The zero-order valence-corrected chi connectivity index (χ0v) is 11.3. The Balaban J connectivity index is 2.14. The van der Waals surface area contributed by atoms with Crippen molar-refractivity contribution in [2.24, 2.45) is 0 Å². The molecular weight excluding hydrogens is 258 g/mol. The molecule has 1 aliphatic heterocycles. The summed E-state index contributed by atoms with van der Waals surface area (Å²) in [6, 6.07) is 0. The lowest BCUT2D eigenvalue weighted by molar-refractivity contribution is 0.0747. The van der Waals surface area contributed by atoms with E-state index < -0.39 is 0 Å². The first-order valence-corrected chi connectivity index (χ1v) is 6.80. The van der Waals surface area contributed by atoms with E-state index in [-0.39, 0.29) is 11.1 Å². The lowest BCUT2D eigenvalue weighted by atomic mass is 10.3. The molecule has 1 aromatic heterocycles. The topological polar surface area (TPSA) is 46.1 Å². The molecule has 1 saturated heterocycles. The molecule has 0 N–H and O–H groups in total. The van der Waals surface area contributed by atoms with Crippen LogP contribution in [0, 0.1) is 0 Å². The van der Waals surface area contributed by atoms with Gasteiger partial charge in [0, 0.05) is 23.6 Å². The summed E-state index contributed by atoms with van der Waals surface area (Å²) in [5.74, 6) is -0.0843. The van der Waals surface area contributed by atoms with Crippen LogP contribution in [0.4, 0.5) is 0 Å². The number of halogens is 1. The predicted molar refractivity (Wildman–Crippen MR) is 69.5 cm³/mol. The SMILES string of the molecule is CC1CN(C(=O)c2cncc(Cl)n2)CC(C)S1. The van der Waals surface area contributed by atoms with E-state index in [4.69, 9.17) is 11.6 Å². The maximum absolute atomic E-state index is 12.2. The average Bonchev–Trinajstić information content (AvgIpc) is 2.26. The second-order valence-electron chi connectivity index (χ2n) is 4.19. The van der Waals surface area contributed by atoms with Crippen LogP contribution in [-0.4, -0.2) is 44.4 Å². The highest BCUT2D eigenvalue weighted by Crippen LogP contribution is 2.25. The van der Waals surface area contributed by atoms with Gasteiger partial charge in [0.15, 0.2) is 0 Å². The Morgan fingerprint density at radius 3 is 2.65 bits per heavy atom. The summed E-state index contributed by atoms with van der Waals surface area (Å²) < 4.78 is 0. The molecule has 0 aromatic carbocycles. The summed E-state index contributed by atoms with van der Waals surface area (Å²) in [5.41, 5.74) is 0.323. The van der Waals surface area contributed by atoms with Crippen LogP contribution in [0.1, 0.15) is 24.3 Å². The first-order valence-electron chi connectivity index (χ1n) is 5.48. The average molecular weight is 272 g/mol. The van der Waals surface area contributed by atoms with Crippen LogP contribution in [0.25, 0.3) is 0 Å². The van der Waals surface area contributed by atoms with Crippen molar-refractivity contribution in [1.29, 1.82) is 0 Å². The van der Waals surface area contributed by atoms with Gasteiger partial charge >= 0.3 is 0 Å². The Kier molecular flexibility index (Phi) is 3.89. The molecule has 4 nitrogen and oxygen atoms in total. The van der Waals surface area contributed by atoms with Crippen molar-refractivity contribution in [1.82, 2.24) is 14.9 Å². The van der Waals surface area contributed by atoms with Crippen molar-refractivity contribution in [3.8, 4) is 0 Å². The summed E-state index contributed by atoms with van der Waals surface area (Å²) >= 11 is 7.64. The molecule has 0 saturated carbocycles. The molecule has 2 rings (SSSR count). The van der Waals surface area contributed by atoms with Crippen LogP contribution < -0.4 is 0 Å². The van der Waals surface area contributed by atoms with Crippen molar-refractivity contribution >= 4 is 29.3 Å². The number of amides is 1. The Labute approximate surface area is 110 Å². The number of carbonyl (C=O) groups is 1. The second-order valence-corrected chi connectivity index (χ2v) is 6.46. The molecule has 17 heavy (non-hydrogen) atoms. The highest BCUT2D eigenvalue weighted by atomic mass is 35.5.